The molecule has 0 radical (unpaired) electrons. The number of anilines is 1. The summed E-state index contributed by atoms with van der Waals surface area (Å²) >= 11 is 5.70. The standard InChI is InChI=1S/C13H12ClN5O4/c14-9-4-3-8(5-10(9)19(21)22)16-13(20)15-6-11-17-12(18-23-11)7-1-2-7/h3-5,7H,1-2,6H2,(H2,15,16,20). The summed E-state index contributed by atoms with van der Waals surface area (Å²) in [5.74, 6) is 1.34. The van der Waals surface area contributed by atoms with Gasteiger partial charge >= 0.3 is 6.03 Å². The largest absolute Gasteiger partial charge is 0.337 e. The Labute approximate surface area is 135 Å². The summed E-state index contributed by atoms with van der Waals surface area (Å²) < 4.78 is 5.02. The van der Waals surface area contributed by atoms with Gasteiger partial charge in [-0.15, -0.1) is 0 Å². The molecule has 0 saturated heterocycles. The summed E-state index contributed by atoms with van der Waals surface area (Å²) in [4.78, 5) is 26.1. The second-order valence-electron chi connectivity index (χ2n) is 5.05. The highest BCUT2D eigenvalue weighted by atomic mass is 35.5. The Kier molecular flexibility index (Phi) is 4.11. The van der Waals surface area contributed by atoms with Gasteiger partial charge in [0.1, 0.15) is 5.02 Å². The van der Waals surface area contributed by atoms with Crippen molar-refractivity contribution in [3.8, 4) is 0 Å². The van der Waals surface area contributed by atoms with E-state index in [1.54, 1.807) is 0 Å². The Morgan fingerprint density at radius 3 is 2.96 bits per heavy atom. The lowest BCUT2D eigenvalue weighted by molar-refractivity contribution is -0.384. The molecule has 3 rings (SSSR count). The van der Waals surface area contributed by atoms with Gasteiger partial charge in [0.25, 0.3) is 5.69 Å². The minimum absolute atomic E-state index is 0.000534. The summed E-state index contributed by atoms with van der Waals surface area (Å²) in [5, 5.41) is 19.6. The SMILES string of the molecule is O=C(NCc1nc(C2CC2)no1)Nc1ccc(Cl)c([N+](=O)[O-])c1. The molecule has 1 saturated carbocycles. The van der Waals surface area contributed by atoms with Gasteiger partial charge < -0.3 is 15.2 Å². The van der Waals surface area contributed by atoms with Gasteiger partial charge in [-0.05, 0) is 25.0 Å². The third-order valence-corrected chi connectivity index (χ3v) is 3.55. The molecule has 0 unspecified atom stereocenters. The zero-order valence-corrected chi connectivity index (χ0v) is 12.5. The van der Waals surface area contributed by atoms with Crippen molar-refractivity contribution in [3.63, 3.8) is 0 Å². The van der Waals surface area contributed by atoms with Crippen molar-refractivity contribution in [1.29, 1.82) is 0 Å². The van der Waals surface area contributed by atoms with E-state index < -0.39 is 11.0 Å². The third-order valence-electron chi connectivity index (χ3n) is 3.23. The molecule has 1 heterocycles. The number of urea groups is 1. The summed E-state index contributed by atoms with van der Waals surface area (Å²) in [6.45, 7) is 0.0707. The lowest BCUT2D eigenvalue weighted by atomic mass is 10.3. The topological polar surface area (TPSA) is 123 Å². The van der Waals surface area contributed by atoms with Crippen molar-refractivity contribution in [2.45, 2.75) is 25.3 Å². The fourth-order valence-electron chi connectivity index (χ4n) is 1.91. The van der Waals surface area contributed by atoms with Crippen LogP contribution in [-0.4, -0.2) is 21.1 Å². The van der Waals surface area contributed by atoms with E-state index >= 15 is 0 Å². The van der Waals surface area contributed by atoms with Crippen LogP contribution in [0.5, 0.6) is 0 Å². The number of rotatable bonds is 5. The van der Waals surface area contributed by atoms with E-state index in [2.05, 4.69) is 20.8 Å². The van der Waals surface area contributed by atoms with Gasteiger partial charge in [-0.2, -0.15) is 4.98 Å². The predicted octanol–water partition coefficient (Wildman–Crippen LogP) is 2.83. The molecule has 0 aliphatic heterocycles. The molecule has 0 bridgehead atoms. The number of nitro groups is 1. The maximum atomic E-state index is 11.8. The van der Waals surface area contributed by atoms with Crippen LogP contribution in [0.4, 0.5) is 16.2 Å². The van der Waals surface area contributed by atoms with Gasteiger partial charge in [0, 0.05) is 17.7 Å². The van der Waals surface area contributed by atoms with Crippen molar-refractivity contribution >= 4 is 29.0 Å². The molecular weight excluding hydrogens is 326 g/mol. The summed E-state index contributed by atoms with van der Waals surface area (Å²) in [5.41, 5.74) is -0.0294. The Morgan fingerprint density at radius 2 is 2.26 bits per heavy atom. The molecule has 2 N–H and O–H groups in total. The van der Waals surface area contributed by atoms with Crippen molar-refractivity contribution < 1.29 is 14.2 Å². The first kappa shape index (κ1) is 15.2. The van der Waals surface area contributed by atoms with Crippen LogP contribution in [0.1, 0.15) is 30.5 Å². The quantitative estimate of drug-likeness (QED) is 0.638. The van der Waals surface area contributed by atoms with Crippen LogP contribution in [-0.2, 0) is 6.54 Å². The van der Waals surface area contributed by atoms with Crippen LogP contribution >= 0.6 is 11.6 Å². The van der Waals surface area contributed by atoms with Gasteiger partial charge in [0.15, 0.2) is 5.82 Å². The first-order valence-electron chi connectivity index (χ1n) is 6.84. The zero-order chi connectivity index (χ0) is 16.4. The molecule has 120 valence electrons. The Hall–Kier alpha value is -2.68. The minimum atomic E-state index is -0.622. The van der Waals surface area contributed by atoms with E-state index in [0.29, 0.717) is 17.6 Å². The highest BCUT2D eigenvalue weighted by molar-refractivity contribution is 6.32. The number of nitrogens with zero attached hydrogens (tertiary/aromatic N) is 3. The average Bonchev–Trinajstić information content (AvgIpc) is 3.26. The second-order valence-corrected chi connectivity index (χ2v) is 5.46. The van der Waals surface area contributed by atoms with Gasteiger partial charge in [0.2, 0.25) is 5.89 Å². The molecule has 9 nitrogen and oxygen atoms in total. The van der Waals surface area contributed by atoms with Gasteiger partial charge in [-0.1, -0.05) is 16.8 Å². The molecule has 1 aromatic carbocycles. The lowest BCUT2D eigenvalue weighted by Gasteiger charge is -2.06. The number of carbonyl (C=O) groups excluding carboxylic acids is 1. The Balaban J connectivity index is 1.56. The summed E-state index contributed by atoms with van der Waals surface area (Å²) in [6.07, 6.45) is 2.12. The van der Waals surface area contributed by atoms with E-state index in [9.17, 15) is 14.9 Å². The number of benzene rings is 1. The molecule has 10 heteroatoms. The van der Waals surface area contributed by atoms with Crippen LogP contribution in [0.15, 0.2) is 22.7 Å². The molecule has 1 aliphatic carbocycles. The van der Waals surface area contributed by atoms with Gasteiger partial charge in [-0.25, -0.2) is 4.79 Å². The van der Waals surface area contributed by atoms with Crippen LogP contribution < -0.4 is 10.6 Å². The summed E-state index contributed by atoms with van der Waals surface area (Å²) in [6, 6.07) is 3.44. The lowest BCUT2D eigenvalue weighted by Crippen LogP contribution is -2.28. The fourth-order valence-corrected chi connectivity index (χ4v) is 2.10. The number of aromatic nitrogens is 2. The van der Waals surface area contributed by atoms with Crippen molar-refractivity contribution in [3.05, 3.63) is 45.1 Å². The van der Waals surface area contributed by atoms with E-state index in [1.165, 1.54) is 18.2 Å². The highest BCUT2D eigenvalue weighted by Crippen LogP contribution is 2.38. The van der Waals surface area contributed by atoms with Crippen LogP contribution in [0.25, 0.3) is 0 Å². The molecule has 1 fully saturated rings. The molecule has 1 aromatic heterocycles. The van der Waals surface area contributed by atoms with E-state index in [4.69, 9.17) is 16.1 Å². The third kappa shape index (κ3) is 3.75. The van der Waals surface area contributed by atoms with Crippen LogP contribution in [0.2, 0.25) is 5.02 Å². The summed E-state index contributed by atoms with van der Waals surface area (Å²) in [7, 11) is 0. The fraction of sp³-hybridized carbons (Fsp3) is 0.308. The molecule has 1 aliphatic rings. The molecular formula is C13H12ClN5O4. The number of halogens is 1. The Bertz CT molecular complexity index is 759. The minimum Gasteiger partial charge on any atom is -0.337 e. The van der Waals surface area contributed by atoms with Crippen molar-refractivity contribution in [1.82, 2.24) is 15.5 Å². The normalized spacial score (nSPS) is 13.6. The molecule has 0 atom stereocenters. The smallest absolute Gasteiger partial charge is 0.319 e. The molecule has 23 heavy (non-hydrogen) atoms. The van der Waals surface area contributed by atoms with Gasteiger partial charge in [-0.3, -0.25) is 10.1 Å². The first-order valence-corrected chi connectivity index (χ1v) is 7.22. The van der Waals surface area contributed by atoms with Gasteiger partial charge in [0.05, 0.1) is 11.5 Å². The number of carbonyl (C=O) groups is 1. The maximum absolute atomic E-state index is 11.8. The number of amides is 2. The molecule has 2 aromatic rings. The predicted molar refractivity (Wildman–Crippen MR) is 80.2 cm³/mol. The molecule has 2 amide bonds. The van der Waals surface area contributed by atoms with E-state index in [1.807, 2.05) is 0 Å². The first-order chi connectivity index (χ1) is 11.0. The number of nitrogens with one attached hydrogen (secondary N) is 2. The number of hydrogen-bond acceptors (Lipinski definition) is 6. The van der Waals surface area contributed by atoms with E-state index in [-0.39, 0.29) is 22.9 Å². The zero-order valence-electron chi connectivity index (χ0n) is 11.8. The van der Waals surface area contributed by atoms with Crippen molar-refractivity contribution in [2.75, 3.05) is 5.32 Å². The van der Waals surface area contributed by atoms with E-state index in [0.717, 1.165) is 12.8 Å². The highest BCUT2D eigenvalue weighted by Gasteiger charge is 2.28. The second kappa shape index (κ2) is 6.21. The average molecular weight is 338 g/mol. The maximum Gasteiger partial charge on any atom is 0.319 e. The molecule has 0 spiro atoms. The van der Waals surface area contributed by atoms with Crippen LogP contribution in [0, 0.1) is 10.1 Å². The monoisotopic (exact) mass is 337 g/mol. The number of hydrogen-bond donors (Lipinski definition) is 2. The Morgan fingerprint density at radius 1 is 1.48 bits per heavy atom. The number of nitro benzene ring substituents is 1. The van der Waals surface area contributed by atoms with Crippen LogP contribution in [0.3, 0.4) is 0 Å². The van der Waals surface area contributed by atoms with Crippen molar-refractivity contribution in [2.24, 2.45) is 0 Å².